The van der Waals surface area contributed by atoms with Crippen molar-refractivity contribution in [3.63, 3.8) is 0 Å². The first-order valence-electron chi connectivity index (χ1n) is 9.03. The molecule has 1 saturated heterocycles. The van der Waals surface area contributed by atoms with Gasteiger partial charge in [-0.2, -0.15) is 0 Å². The number of hydrogen-bond donors (Lipinski definition) is 1. The van der Waals surface area contributed by atoms with Crippen molar-refractivity contribution in [1.29, 1.82) is 0 Å². The van der Waals surface area contributed by atoms with Gasteiger partial charge in [0.05, 0.1) is 22.1 Å². The maximum Gasteiger partial charge on any atom is 0.335 e. The highest BCUT2D eigenvalue weighted by molar-refractivity contribution is 9.10. The van der Waals surface area contributed by atoms with Gasteiger partial charge in [0.25, 0.3) is 11.1 Å². The van der Waals surface area contributed by atoms with Crippen LogP contribution in [-0.4, -0.2) is 40.8 Å². The van der Waals surface area contributed by atoms with Crippen molar-refractivity contribution in [2.24, 2.45) is 0 Å². The average molecular weight is 504 g/mol. The van der Waals surface area contributed by atoms with E-state index in [-0.39, 0.29) is 29.9 Å². The van der Waals surface area contributed by atoms with Crippen molar-refractivity contribution >= 4 is 50.9 Å². The number of carboxylic acid groups (broad SMARTS) is 1. The average Bonchev–Trinajstić information content (AvgIpc) is 3.00. The number of rotatable bonds is 8. The molecule has 0 atom stereocenters. The maximum atomic E-state index is 12.4. The van der Waals surface area contributed by atoms with Crippen LogP contribution >= 0.6 is 27.7 Å². The van der Waals surface area contributed by atoms with Gasteiger partial charge in [0.2, 0.25) is 0 Å². The van der Waals surface area contributed by atoms with E-state index in [2.05, 4.69) is 22.5 Å². The predicted molar refractivity (Wildman–Crippen MR) is 121 cm³/mol. The molecule has 0 aromatic heterocycles. The third kappa shape index (κ3) is 5.18. The van der Waals surface area contributed by atoms with Crippen molar-refractivity contribution in [1.82, 2.24) is 4.90 Å². The van der Waals surface area contributed by atoms with Crippen LogP contribution in [0.4, 0.5) is 4.79 Å². The summed E-state index contributed by atoms with van der Waals surface area (Å²) in [6.45, 7) is 3.85. The zero-order valence-corrected chi connectivity index (χ0v) is 18.9. The summed E-state index contributed by atoms with van der Waals surface area (Å²) in [6.07, 6.45) is 3.11. The summed E-state index contributed by atoms with van der Waals surface area (Å²) in [7, 11) is 1.49. The number of carboxylic acids is 1. The van der Waals surface area contributed by atoms with Crippen LogP contribution in [-0.2, 0) is 11.4 Å². The Hall–Kier alpha value is -3.04. The largest absolute Gasteiger partial charge is 0.493 e. The zero-order valence-electron chi connectivity index (χ0n) is 16.5. The molecule has 1 heterocycles. The molecule has 31 heavy (non-hydrogen) atoms. The number of carbonyl (C=O) groups is 3. The van der Waals surface area contributed by atoms with Crippen LogP contribution < -0.4 is 9.47 Å². The number of ether oxygens (including phenoxy) is 2. The number of hydrogen-bond acceptors (Lipinski definition) is 6. The molecule has 2 aromatic rings. The van der Waals surface area contributed by atoms with Crippen LogP contribution in [0.2, 0.25) is 0 Å². The summed E-state index contributed by atoms with van der Waals surface area (Å²) in [5.41, 5.74) is 1.51. The van der Waals surface area contributed by atoms with Crippen LogP contribution in [0, 0.1) is 0 Å². The van der Waals surface area contributed by atoms with Crippen LogP contribution in [0.15, 0.2) is 58.4 Å². The molecule has 7 nitrogen and oxygen atoms in total. The molecule has 0 saturated carbocycles. The number of methoxy groups -OCH3 is 1. The van der Waals surface area contributed by atoms with Crippen LogP contribution in [0.5, 0.6) is 11.5 Å². The number of nitrogens with zero attached hydrogens (tertiary/aromatic N) is 1. The summed E-state index contributed by atoms with van der Waals surface area (Å²) in [6, 6.07) is 9.89. The number of imide groups is 1. The topological polar surface area (TPSA) is 93.1 Å². The molecule has 2 aromatic carbocycles. The van der Waals surface area contributed by atoms with Crippen molar-refractivity contribution in [3.8, 4) is 11.5 Å². The number of halogens is 1. The lowest BCUT2D eigenvalue weighted by molar-refractivity contribution is -0.122. The van der Waals surface area contributed by atoms with Gasteiger partial charge in [0.15, 0.2) is 11.5 Å². The Morgan fingerprint density at radius 3 is 2.74 bits per heavy atom. The van der Waals surface area contributed by atoms with Gasteiger partial charge in [-0.05, 0) is 69.2 Å². The lowest BCUT2D eigenvalue weighted by atomic mass is 10.1. The van der Waals surface area contributed by atoms with Gasteiger partial charge in [0, 0.05) is 6.54 Å². The second-order valence-corrected chi connectivity index (χ2v) is 8.26. The second kappa shape index (κ2) is 9.84. The molecule has 1 fully saturated rings. The zero-order chi connectivity index (χ0) is 22.5. The lowest BCUT2D eigenvalue weighted by Crippen LogP contribution is -2.27. The molecular weight excluding hydrogens is 486 g/mol. The van der Waals surface area contributed by atoms with Crippen molar-refractivity contribution in [2.75, 3.05) is 13.7 Å². The van der Waals surface area contributed by atoms with E-state index in [0.717, 1.165) is 16.7 Å². The minimum atomic E-state index is -1.01. The normalized spacial score (nSPS) is 14.8. The Kier molecular flexibility index (Phi) is 7.19. The Balaban J connectivity index is 1.83. The minimum Gasteiger partial charge on any atom is -0.493 e. The highest BCUT2D eigenvalue weighted by atomic mass is 79.9. The molecule has 160 valence electrons. The second-order valence-electron chi connectivity index (χ2n) is 6.41. The molecule has 2 amide bonds. The molecule has 0 radical (unpaired) electrons. The standard InChI is InChI=1S/C22H18BrNO6S/c1-3-7-24-20(25)18(31-22(24)28)11-14-9-16(23)19(17(10-14)29-2)30-12-13-5-4-6-15(8-13)21(26)27/h3-6,8-11H,1,7,12H2,2H3,(H,26,27)/b18-11+. The fourth-order valence-corrected chi connectivity index (χ4v) is 4.27. The highest BCUT2D eigenvalue weighted by Crippen LogP contribution is 2.39. The number of benzene rings is 2. The number of aromatic carboxylic acids is 1. The van der Waals surface area contributed by atoms with E-state index >= 15 is 0 Å². The third-order valence-electron chi connectivity index (χ3n) is 4.29. The summed E-state index contributed by atoms with van der Waals surface area (Å²) < 4.78 is 11.9. The summed E-state index contributed by atoms with van der Waals surface area (Å²) >= 11 is 4.32. The first kappa shape index (κ1) is 22.6. The Morgan fingerprint density at radius 1 is 1.29 bits per heavy atom. The van der Waals surface area contributed by atoms with Gasteiger partial charge in [-0.25, -0.2) is 4.79 Å². The van der Waals surface area contributed by atoms with E-state index < -0.39 is 5.97 Å². The van der Waals surface area contributed by atoms with Gasteiger partial charge < -0.3 is 14.6 Å². The molecule has 1 aliphatic heterocycles. The summed E-state index contributed by atoms with van der Waals surface area (Å²) in [4.78, 5) is 37.0. The van der Waals surface area contributed by atoms with Gasteiger partial charge in [-0.1, -0.05) is 18.2 Å². The van der Waals surface area contributed by atoms with E-state index in [1.807, 2.05) is 0 Å². The summed E-state index contributed by atoms with van der Waals surface area (Å²) in [5, 5.41) is 8.78. The van der Waals surface area contributed by atoms with Crippen LogP contribution in [0.3, 0.4) is 0 Å². The third-order valence-corrected chi connectivity index (χ3v) is 5.79. The first-order valence-corrected chi connectivity index (χ1v) is 10.6. The van der Waals surface area contributed by atoms with Crippen molar-refractivity contribution in [2.45, 2.75) is 6.61 Å². The van der Waals surface area contributed by atoms with E-state index in [1.165, 1.54) is 25.3 Å². The number of carbonyl (C=O) groups excluding carboxylic acids is 2. The molecular formula is C22H18BrNO6S. The Morgan fingerprint density at radius 2 is 2.06 bits per heavy atom. The van der Waals surface area contributed by atoms with Gasteiger partial charge in [-0.3, -0.25) is 14.5 Å². The molecule has 9 heteroatoms. The number of thioether (sulfide) groups is 1. The van der Waals surface area contributed by atoms with Crippen molar-refractivity contribution < 1.29 is 29.0 Å². The molecule has 1 aliphatic rings. The first-order chi connectivity index (χ1) is 14.8. The van der Waals surface area contributed by atoms with Gasteiger partial charge in [-0.15, -0.1) is 6.58 Å². The number of amides is 2. The van der Waals surface area contributed by atoms with Crippen LogP contribution in [0.25, 0.3) is 6.08 Å². The molecule has 0 unspecified atom stereocenters. The molecule has 0 aliphatic carbocycles. The fraction of sp³-hybridized carbons (Fsp3) is 0.136. The molecule has 3 rings (SSSR count). The van der Waals surface area contributed by atoms with E-state index in [0.29, 0.717) is 32.0 Å². The molecule has 0 spiro atoms. The smallest absolute Gasteiger partial charge is 0.335 e. The molecule has 0 bridgehead atoms. The van der Waals surface area contributed by atoms with E-state index in [1.54, 1.807) is 30.3 Å². The summed E-state index contributed by atoms with van der Waals surface area (Å²) in [5.74, 6) is -0.536. The fourth-order valence-electron chi connectivity index (χ4n) is 2.85. The predicted octanol–water partition coefficient (Wildman–Crippen LogP) is 4.96. The van der Waals surface area contributed by atoms with Gasteiger partial charge in [0.1, 0.15) is 6.61 Å². The Labute approximate surface area is 191 Å². The Bertz CT molecular complexity index is 1100. The SMILES string of the molecule is C=CCN1C(=O)S/C(=C/c2cc(Br)c(OCc3cccc(C(=O)O)c3)c(OC)c2)C1=O. The monoisotopic (exact) mass is 503 g/mol. The van der Waals surface area contributed by atoms with E-state index in [9.17, 15) is 14.4 Å². The lowest BCUT2D eigenvalue weighted by Gasteiger charge is -2.14. The molecule has 1 N–H and O–H groups in total. The maximum absolute atomic E-state index is 12.4. The highest BCUT2D eigenvalue weighted by Gasteiger charge is 2.34. The van der Waals surface area contributed by atoms with Crippen molar-refractivity contribution in [3.05, 3.63) is 75.1 Å². The minimum absolute atomic E-state index is 0.135. The van der Waals surface area contributed by atoms with Gasteiger partial charge >= 0.3 is 5.97 Å². The van der Waals surface area contributed by atoms with E-state index in [4.69, 9.17) is 14.6 Å². The quantitative estimate of drug-likeness (QED) is 0.401. The van der Waals surface area contributed by atoms with Crippen LogP contribution in [0.1, 0.15) is 21.5 Å².